The number of fused-ring (bicyclic) bond motifs is 3. The van der Waals surface area contributed by atoms with Crippen LogP contribution in [-0.2, 0) is 22.7 Å². The Morgan fingerprint density at radius 3 is 1.13 bits per heavy atom. The monoisotopic (exact) mass is 1020 g/mol. The highest BCUT2D eigenvalue weighted by molar-refractivity contribution is 6.38. The van der Waals surface area contributed by atoms with Crippen molar-refractivity contribution in [2.75, 3.05) is 9.80 Å². The third kappa shape index (κ3) is 9.11. The van der Waals surface area contributed by atoms with Gasteiger partial charge in [-0.15, -0.1) is 0 Å². The lowest BCUT2D eigenvalue weighted by molar-refractivity contribution is 0.0462. The van der Waals surface area contributed by atoms with E-state index in [1.54, 1.807) is 24.3 Å². The molecule has 12 rings (SSSR count). The number of carbonyl (C=O) groups excluding carboxylic acids is 6. The van der Waals surface area contributed by atoms with E-state index in [0.717, 1.165) is 84.4 Å². The van der Waals surface area contributed by atoms with Gasteiger partial charge in [-0.05, 0) is 119 Å². The number of para-hydroxylation sites is 2. The molecule has 8 aromatic rings. The molecule has 4 amide bonds. The van der Waals surface area contributed by atoms with Crippen LogP contribution in [0.4, 0.5) is 11.4 Å². The Morgan fingerprint density at radius 1 is 0.385 bits per heavy atom. The maximum atomic E-state index is 14.8. The number of nitrogens with zero attached hydrogens (tertiary/aromatic N) is 2. The van der Waals surface area contributed by atoms with Gasteiger partial charge in [0.1, 0.15) is 13.2 Å². The topological polar surface area (TPSA) is 127 Å². The summed E-state index contributed by atoms with van der Waals surface area (Å²) in [4.78, 5) is 89.2. The van der Waals surface area contributed by atoms with Gasteiger partial charge in [-0.1, -0.05) is 171 Å². The van der Waals surface area contributed by atoms with Gasteiger partial charge in [-0.25, -0.2) is 19.4 Å². The van der Waals surface area contributed by atoms with Crippen molar-refractivity contribution in [3.05, 3.63) is 248 Å². The summed E-state index contributed by atoms with van der Waals surface area (Å²) in [6.45, 7) is -0.0435. The van der Waals surface area contributed by atoms with Gasteiger partial charge < -0.3 is 9.47 Å². The van der Waals surface area contributed by atoms with Crippen LogP contribution in [0, 0.1) is 23.7 Å². The molecule has 4 aliphatic rings. The molecular weight excluding hydrogens is 973 g/mol. The van der Waals surface area contributed by atoms with Crippen molar-refractivity contribution in [2.45, 2.75) is 76.4 Å². The molecule has 2 heterocycles. The van der Waals surface area contributed by atoms with Gasteiger partial charge in [0.15, 0.2) is 0 Å². The van der Waals surface area contributed by atoms with E-state index < -0.39 is 35.6 Å². The normalized spacial score (nSPS) is 15.0. The number of imide groups is 2. The van der Waals surface area contributed by atoms with E-state index in [-0.39, 0.29) is 69.6 Å². The summed E-state index contributed by atoms with van der Waals surface area (Å²) in [7, 11) is 0. The molecule has 2 fully saturated rings. The fraction of sp³-hybridized carbons (Fsp3) is 0.176. The van der Waals surface area contributed by atoms with Gasteiger partial charge in [0.25, 0.3) is 23.6 Å². The summed E-state index contributed by atoms with van der Waals surface area (Å²) in [6.07, 6.45) is 8.03. The number of esters is 2. The molecule has 380 valence electrons. The number of hydrogen-bond donors (Lipinski definition) is 0. The molecule has 0 radical (unpaired) electrons. The van der Waals surface area contributed by atoms with E-state index in [1.165, 1.54) is 21.9 Å². The highest BCUT2D eigenvalue weighted by Gasteiger charge is 2.45. The molecule has 0 atom stereocenters. The Labute approximate surface area is 451 Å². The molecule has 0 spiro atoms. The number of rotatable bonds is 10. The van der Waals surface area contributed by atoms with E-state index in [2.05, 4.69) is 23.7 Å². The largest absolute Gasteiger partial charge is 0.457 e. The van der Waals surface area contributed by atoms with Crippen LogP contribution >= 0.6 is 0 Å². The number of amides is 4. The number of hydrogen-bond acceptors (Lipinski definition) is 8. The molecule has 2 saturated carbocycles. The zero-order valence-corrected chi connectivity index (χ0v) is 42.6. The second-order valence-corrected chi connectivity index (χ2v) is 20.1. The zero-order chi connectivity index (χ0) is 53.3. The molecular formula is C68H50N2O8. The van der Waals surface area contributed by atoms with Gasteiger partial charge in [0.05, 0.1) is 44.8 Å². The number of anilines is 2. The fourth-order valence-corrected chi connectivity index (χ4v) is 11.6. The Bertz CT molecular complexity index is 3670. The van der Waals surface area contributed by atoms with Crippen molar-refractivity contribution >= 4 is 57.7 Å². The van der Waals surface area contributed by atoms with Crippen molar-refractivity contribution in [3.8, 4) is 23.7 Å². The van der Waals surface area contributed by atoms with E-state index in [4.69, 9.17) is 9.47 Å². The molecule has 2 aliphatic heterocycles. The zero-order valence-electron chi connectivity index (χ0n) is 42.6. The fourth-order valence-electron chi connectivity index (χ4n) is 11.6. The van der Waals surface area contributed by atoms with Gasteiger partial charge in [0.2, 0.25) is 0 Å². The van der Waals surface area contributed by atoms with Crippen molar-refractivity contribution in [2.24, 2.45) is 0 Å². The quantitative estimate of drug-likeness (QED) is 0.0753. The van der Waals surface area contributed by atoms with E-state index >= 15 is 0 Å². The Kier molecular flexibility index (Phi) is 13.4. The van der Waals surface area contributed by atoms with E-state index in [0.29, 0.717) is 22.5 Å². The van der Waals surface area contributed by atoms with Gasteiger partial charge in [-0.2, -0.15) is 0 Å². The average Bonchev–Trinajstić information content (AvgIpc) is 4.50. The predicted molar refractivity (Wildman–Crippen MR) is 297 cm³/mol. The second-order valence-electron chi connectivity index (χ2n) is 20.1. The molecule has 10 heteroatoms. The Balaban J connectivity index is 0.907. The van der Waals surface area contributed by atoms with Crippen molar-refractivity contribution in [3.63, 3.8) is 0 Å². The summed E-state index contributed by atoms with van der Waals surface area (Å²) < 4.78 is 11.5. The maximum absolute atomic E-state index is 14.8. The van der Waals surface area contributed by atoms with Gasteiger partial charge >= 0.3 is 11.9 Å². The molecule has 78 heavy (non-hydrogen) atoms. The summed E-state index contributed by atoms with van der Waals surface area (Å²) in [5.74, 6) is 9.52. The van der Waals surface area contributed by atoms with Crippen molar-refractivity contribution in [1.82, 2.24) is 0 Å². The number of carbonyl (C=O) groups is 6. The summed E-state index contributed by atoms with van der Waals surface area (Å²) in [5.41, 5.74) is 6.08. The van der Waals surface area contributed by atoms with Crippen LogP contribution < -0.4 is 9.80 Å². The molecule has 0 N–H and O–H groups in total. The molecule has 8 aromatic carbocycles. The standard InChI is InChI=1S/C68H50N2O8/c71-63-59-49(37-39-55(67(75)77-41-43-17-3-1-4-18-43)61(59)65(73)69(63)57-29-15-13-27-53(57)45-21-7-8-22-45)35-33-47-31-32-48(52-26-12-11-25-51(47)52)34-36-50-38-40-56(68(76)78-42-44-19-5-2-6-20-44)62-60(50)64(72)70(66(62)74)58-30-16-14-28-54(58)46-23-9-10-24-46/h1-6,11-20,25-32,37-40,45-46H,7-10,21-24,41-42H2. The minimum Gasteiger partial charge on any atom is -0.457 e. The van der Waals surface area contributed by atoms with Crippen LogP contribution in [0.25, 0.3) is 10.8 Å². The highest BCUT2D eigenvalue weighted by Crippen LogP contribution is 2.44. The summed E-state index contributed by atoms with van der Waals surface area (Å²) in [5, 5.41) is 1.48. The predicted octanol–water partition coefficient (Wildman–Crippen LogP) is 13.3. The lowest BCUT2D eigenvalue weighted by Crippen LogP contribution is -2.31. The third-order valence-corrected chi connectivity index (χ3v) is 15.5. The summed E-state index contributed by atoms with van der Waals surface area (Å²) in [6, 6.07) is 50.9. The lowest BCUT2D eigenvalue weighted by Gasteiger charge is -2.21. The third-order valence-electron chi connectivity index (χ3n) is 15.5. The molecule has 0 unspecified atom stereocenters. The van der Waals surface area contributed by atoms with Crippen LogP contribution in [0.15, 0.2) is 170 Å². The molecule has 0 aromatic heterocycles. The molecule has 2 aliphatic carbocycles. The van der Waals surface area contributed by atoms with Crippen LogP contribution in [-0.4, -0.2) is 35.6 Å². The number of benzene rings is 8. The molecule has 0 bridgehead atoms. The van der Waals surface area contributed by atoms with E-state index in [1.807, 2.05) is 133 Å². The minimum atomic E-state index is -0.732. The first-order valence-corrected chi connectivity index (χ1v) is 26.5. The van der Waals surface area contributed by atoms with Crippen LogP contribution in [0.2, 0.25) is 0 Å². The Morgan fingerprint density at radius 2 is 0.718 bits per heavy atom. The second kappa shape index (κ2) is 21.2. The smallest absolute Gasteiger partial charge is 0.339 e. The maximum Gasteiger partial charge on any atom is 0.339 e. The molecule has 0 saturated heterocycles. The first-order valence-electron chi connectivity index (χ1n) is 26.5. The van der Waals surface area contributed by atoms with Crippen LogP contribution in [0.1, 0.15) is 170 Å². The lowest BCUT2D eigenvalue weighted by atomic mass is 9.95. The van der Waals surface area contributed by atoms with Crippen molar-refractivity contribution in [1.29, 1.82) is 0 Å². The SMILES string of the molecule is O=C(OCc1ccccc1)c1ccc(C#Cc2ccc(C#Cc3ccc(C(=O)OCc4ccccc4)c4c3C(=O)N(c3ccccc3C3CCCC3)C4=O)c3ccccc23)c2c1C(=O)N(c1ccccc1C1CCCC1)C2=O. The van der Waals surface area contributed by atoms with Crippen molar-refractivity contribution < 1.29 is 38.2 Å². The van der Waals surface area contributed by atoms with Gasteiger partial charge in [0, 0.05) is 22.3 Å². The highest BCUT2D eigenvalue weighted by atomic mass is 16.5. The number of ether oxygens (including phenoxy) is 2. The minimum absolute atomic E-state index is 0.0185. The van der Waals surface area contributed by atoms with Crippen LogP contribution in [0.3, 0.4) is 0 Å². The Hall–Kier alpha value is -9.64. The van der Waals surface area contributed by atoms with Crippen LogP contribution in [0.5, 0.6) is 0 Å². The first kappa shape index (κ1) is 49.2. The molecule has 10 nitrogen and oxygen atoms in total. The van der Waals surface area contributed by atoms with E-state index in [9.17, 15) is 28.8 Å². The first-order chi connectivity index (χ1) is 38.2. The average molecular weight is 1020 g/mol. The summed E-state index contributed by atoms with van der Waals surface area (Å²) >= 11 is 0. The van der Waals surface area contributed by atoms with Gasteiger partial charge in [-0.3, -0.25) is 19.2 Å².